The van der Waals surface area contributed by atoms with Crippen molar-refractivity contribution in [3.05, 3.63) is 93.7 Å². The summed E-state index contributed by atoms with van der Waals surface area (Å²) in [5.74, 6) is 1.92. The highest BCUT2D eigenvalue weighted by atomic mass is 35.5. The molecule has 0 aliphatic carbocycles. The number of urea groups is 1. The van der Waals surface area contributed by atoms with Crippen LogP contribution in [-0.4, -0.2) is 27.9 Å². The van der Waals surface area contributed by atoms with Gasteiger partial charge >= 0.3 is 6.03 Å². The van der Waals surface area contributed by atoms with E-state index in [0.29, 0.717) is 43.9 Å². The predicted octanol–water partition coefficient (Wildman–Crippen LogP) is 6.51. The lowest BCUT2D eigenvalue weighted by atomic mass is 10.2. The predicted molar refractivity (Wildman–Crippen MR) is 141 cm³/mol. The first-order chi connectivity index (χ1) is 16.9. The maximum absolute atomic E-state index is 12.5. The number of benzene rings is 3. The van der Waals surface area contributed by atoms with Gasteiger partial charge in [-0.05, 0) is 55.0 Å². The van der Waals surface area contributed by atoms with E-state index in [4.69, 9.17) is 27.9 Å². The number of hydrogen-bond acceptors (Lipinski definition) is 5. The number of halogens is 2. The second kappa shape index (κ2) is 11.5. The first-order valence-corrected chi connectivity index (χ1v) is 12.4. The zero-order valence-corrected chi connectivity index (χ0v) is 21.4. The second-order valence-electron chi connectivity index (χ2n) is 7.64. The molecule has 2 amide bonds. The normalized spacial score (nSPS) is 10.7. The van der Waals surface area contributed by atoms with Gasteiger partial charge in [-0.3, -0.25) is 4.57 Å². The number of thioether (sulfide) groups is 1. The van der Waals surface area contributed by atoms with Gasteiger partial charge < -0.3 is 15.4 Å². The average molecular weight is 528 g/mol. The molecule has 180 valence electrons. The van der Waals surface area contributed by atoms with Crippen molar-refractivity contribution in [2.75, 3.05) is 12.4 Å². The maximum atomic E-state index is 12.5. The largest absolute Gasteiger partial charge is 0.497 e. The van der Waals surface area contributed by atoms with Gasteiger partial charge in [-0.1, -0.05) is 64.8 Å². The summed E-state index contributed by atoms with van der Waals surface area (Å²) in [6.07, 6.45) is 0. The molecule has 0 saturated carbocycles. The van der Waals surface area contributed by atoms with Crippen molar-refractivity contribution in [3.63, 3.8) is 0 Å². The summed E-state index contributed by atoms with van der Waals surface area (Å²) in [5, 5.41) is 16.0. The zero-order valence-electron chi connectivity index (χ0n) is 19.1. The zero-order chi connectivity index (χ0) is 24.8. The molecule has 0 atom stereocenters. The smallest absolute Gasteiger partial charge is 0.319 e. The summed E-state index contributed by atoms with van der Waals surface area (Å²) in [5.41, 5.74) is 3.64. The second-order valence-corrected chi connectivity index (χ2v) is 9.43. The molecular weight excluding hydrogens is 505 g/mol. The van der Waals surface area contributed by atoms with Crippen LogP contribution in [0.25, 0.3) is 5.69 Å². The van der Waals surface area contributed by atoms with Crippen molar-refractivity contribution < 1.29 is 9.53 Å². The molecule has 1 heterocycles. The molecule has 1 aromatic heterocycles. The summed E-state index contributed by atoms with van der Waals surface area (Å²) < 4.78 is 6.96. The minimum atomic E-state index is -0.379. The Kier molecular flexibility index (Phi) is 8.17. The molecule has 4 aromatic rings. The van der Waals surface area contributed by atoms with Crippen LogP contribution in [0.1, 0.15) is 17.0 Å². The third-order valence-electron chi connectivity index (χ3n) is 5.05. The van der Waals surface area contributed by atoms with Crippen LogP contribution in [-0.2, 0) is 12.3 Å². The number of methoxy groups -OCH3 is 1. The van der Waals surface area contributed by atoms with Crippen LogP contribution < -0.4 is 15.4 Å². The molecule has 0 fully saturated rings. The van der Waals surface area contributed by atoms with E-state index >= 15 is 0 Å². The quantitative estimate of drug-likeness (QED) is 0.255. The minimum absolute atomic E-state index is 0.128. The van der Waals surface area contributed by atoms with Crippen LogP contribution in [0.15, 0.2) is 71.9 Å². The van der Waals surface area contributed by atoms with Gasteiger partial charge in [-0.25, -0.2) is 4.79 Å². The Morgan fingerprint density at radius 3 is 2.60 bits per heavy atom. The monoisotopic (exact) mass is 527 g/mol. The maximum Gasteiger partial charge on any atom is 0.319 e. The number of carbonyl (C=O) groups excluding carboxylic acids is 1. The number of ether oxygens (including phenoxy) is 1. The van der Waals surface area contributed by atoms with E-state index in [1.54, 1.807) is 49.6 Å². The van der Waals surface area contributed by atoms with Crippen molar-refractivity contribution in [3.8, 4) is 11.4 Å². The van der Waals surface area contributed by atoms with Crippen LogP contribution >= 0.6 is 35.0 Å². The fraction of sp³-hybridized carbons (Fsp3) is 0.160. The average Bonchev–Trinajstić information content (AvgIpc) is 3.26. The van der Waals surface area contributed by atoms with Gasteiger partial charge in [0.25, 0.3) is 0 Å². The fourth-order valence-corrected chi connectivity index (χ4v) is 4.64. The van der Waals surface area contributed by atoms with E-state index in [1.807, 2.05) is 10.6 Å². The van der Waals surface area contributed by atoms with E-state index < -0.39 is 0 Å². The lowest BCUT2D eigenvalue weighted by molar-refractivity contribution is 0.251. The number of aryl methyl sites for hydroxylation is 1. The molecule has 7 nitrogen and oxygen atoms in total. The van der Waals surface area contributed by atoms with Gasteiger partial charge in [0, 0.05) is 16.5 Å². The number of nitrogens with zero attached hydrogens (tertiary/aromatic N) is 3. The summed E-state index contributed by atoms with van der Waals surface area (Å²) in [6, 6.07) is 20.2. The molecule has 0 spiro atoms. The van der Waals surface area contributed by atoms with Crippen LogP contribution in [0, 0.1) is 6.92 Å². The van der Waals surface area contributed by atoms with Crippen molar-refractivity contribution in [1.29, 1.82) is 0 Å². The van der Waals surface area contributed by atoms with Crippen molar-refractivity contribution in [2.45, 2.75) is 24.4 Å². The van der Waals surface area contributed by atoms with Gasteiger partial charge in [0.05, 0.1) is 24.4 Å². The minimum Gasteiger partial charge on any atom is -0.497 e. The topological polar surface area (TPSA) is 81.1 Å². The molecule has 10 heteroatoms. The molecule has 0 aliphatic heterocycles. The van der Waals surface area contributed by atoms with Crippen LogP contribution in [0.4, 0.5) is 10.5 Å². The highest BCUT2D eigenvalue weighted by molar-refractivity contribution is 7.98. The number of amides is 2. The molecule has 0 radical (unpaired) electrons. The molecule has 35 heavy (non-hydrogen) atoms. The fourth-order valence-electron chi connectivity index (χ4n) is 3.37. The van der Waals surface area contributed by atoms with E-state index in [9.17, 15) is 4.79 Å². The Labute approximate surface area is 217 Å². The Morgan fingerprint density at radius 1 is 1.06 bits per heavy atom. The highest BCUT2D eigenvalue weighted by Crippen LogP contribution is 2.31. The lowest BCUT2D eigenvalue weighted by Crippen LogP contribution is -2.29. The molecule has 0 unspecified atom stereocenters. The summed E-state index contributed by atoms with van der Waals surface area (Å²) in [4.78, 5) is 12.5. The number of aromatic nitrogens is 3. The van der Waals surface area contributed by atoms with Gasteiger partial charge in [0.1, 0.15) is 5.75 Å². The van der Waals surface area contributed by atoms with Crippen LogP contribution in [0.3, 0.4) is 0 Å². The van der Waals surface area contributed by atoms with Crippen molar-refractivity contribution in [2.24, 2.45) is 0 Å². The van der Waals surface area contributed by atoms with Crippen LogP contribution in [0.5, 0.6) is 5.75 Å². The Hall–Kier alpha value is -3.20. The van der Waals surface area contributed by atoms with Gasteiger partial charge in [-0.15, -0.1) is 10.2 Å². The summed E-state index contributed by atoms with van der Waals surface area (Å²) in [6.45, 7) is 2.19. The standard InChI is InChI=1S/C25H23Cl2N5O2S/c1-16-4-3-5-17(12-16)15-35-25-31-30-23(32(25)22-13-18(26)6-11-21(22)27)14-28-24(33)29-19-7-9-20(34-2)10-8-19/h3-13H,14-15H2,1-2H3,(H2,28,29,33). The molecule has 3 aromatic carbocycles. The number of rotatable bonds is 8. The Bertz CT molecular complexity index is 1330. The molecule has 2 N–H and O–H groups in total. The third kappa shape index (κ3) is 6.48. The number of carbonyl (C=O) groups is 1. The number of nitrogens with one attached hydrogen (secondary N) is 2. The van der Waals surface area contributed by atoms with E-state index in [-0.39, 0.29) is 12.6 Å². The summed E-state index contributed by atoms with van der Waals surface area (Å²) >= 11 is 14.3. The molecule has 0 bridgehead atoms. The summed E-state index contributed by atoms with van der Waals surface area (Å²) in [7, 11) is 1.59. The molecule has 0 aliphatic rings. The molecule has 0 saturated heterocycles. The van der Waals surface area contributed by atoms with Gasteiger partial charge in [0.2, 0.25) is 0 Å². The van der Waals surface area contributed by atoms with E-state index in [2.05, 4.69) is 46.0 Å². The molecular formula is C25H23Cl2N5O2S. The van der Waals surface area contributed by atoms with Gasteiger partial charge in [0.15, 0.2) is 11.0 Å². The number of anilines is 1. The molecule has 4 rings (SSSR count). The highest BCUT2D eigenvalue weighted by Gasteiger charge is 2.18. The Balaban J connectivity index is 1.53. The Morgan fingerprint density at radius 2 is 1.86 bits per heavy atom. The first-order valence-electron chi connectivity index (χ1n) is 10.7. The first kappa shape index (κ1) is 24.9. The van der Waals surface area contributed by atoms with Crippen molar-refractivity contribution >= 4 is 46.7 Å². The number of hydrogen-bond donors (Lipinski definition) is 2. The van der Waals surface area contributed by atoms with Crippen LogP contribution in [0.2, 0.25) is 10.0 Å². The van der Waals surface area contributed by atoms with E-state index in [1.165, 1.54) is 22.9 Å². The third-order valence-corrected chi connectivity index (χ3v) is 6.61. The van der Waals surface area contributed by atoms with Gasteiger partial charge in [-0.2, -0.15) is 0 Å². The van der Waals surface area contributed by atoms with Crippen molar-refractivity contribution in [1.82, 2.24) is 20.1 Å². The SMILES string of the molecule is COc1ccc(NC(=O)NCc2nnc(SCc3cccc(C)c3)n2-c2cc(Cl)ccc2Cl)cc1. The van der Waals surface area contributed by atoms with E-state index in [0.717, 1.165) is 0 Å². The lowest BCUT2D eigenvalue weighted by Gasteiger charge is -2.13.